The highest BCUT2D eigenvalue weighted by molar-refractivity contribution is 9.10. The van der Waals surface area contributed by atoms with Crippen LogP contribution in [0.2, 0.25) is 0 Å². The average Bonchev–Trinajstić information content (AvgIpc) is 3.99. The first-order chi connectivity index (χ1) is 27.1. The fraction of sp³-hybridized carbons (Fsp3) is 0. The van der Waals surface area contributed by atoms with E-state index in [1.54, 1.807) is 0 Å². The van der Waals surface area contributed by atoms with Crippen molar-refractivity contribution in [3.63, 3.8) is 0 Å². The van der Waals surface area contributed by atoms with Crippen molar-refractivity contribution in [3.05, 3.63) is 174 Å². The van der Waals surface area contributed by atoms with E-state index >= 15 is 0 Å². The molecule has 0 atom stereocenters. The second-order valence-corrected chi connectivity index (χ2v) is 14.2. The molecule has 12 rings (SSSR count). The van der Waals surface area contributed by atoms with Gasteiger partial charge in [-0.25, -0.2) is 0 Å². The minimum Gasteiger partial charge on any atom is -0.456 e. The summed E-state index contributed by atoms with van der Waals surface area (Å²) in [6.45, 7) is 0. The van der Waals surface area contributed by atoms with Gasteiger partial charge < -0.3 is 28.7 Å². The van der Waals surface area contributed by atoms with Crippen LogP contribution in [0.25, 0.3) is 87.8 Å². The molecule has 0 unspecified atom stereocenters. The van der Waals surface area contributed by atoms with Gasteiger partial charge in [-0.1, -0.05) is 113 Å². The molecule has 4 aromatic heterocycles. The summed E-state index contributed by atoms with van der Waals surface area (Å²) >= 11 is 3.46. The zero-order valence-corrected chi connectivity index (χ0v) is 30.8. The number of furan rings is 4. The quantitative estimate of drug-likeness (QED) is 0.170. The van der Waals surface area contributed by atoms with Crippen LogP contribution in [0.15, 0.2) is 192 Å². The van der Waals surface area contributed by atoms with E-state index in [-0.39, 0.29) is 0 Å². The summed E-state index contributed by atoms with van der Waals surface area (Å²) in [5.74, 6) is 0. The van der Waals surface area contributed by atoms with Crippen LogP contribution in [0.1, 0.15) is 0 Å². The van der Waals surface area contributed by atoms with Crippen molar-refractivity contribution in [1.29, 1.82) is 0 Å². The molecule has 0 bridgehead atoms. The lowest BCUT2D eigenvalue weighted by Crippen LogP contribution is -1.90. The summed E-state index contributed by atoms with van der Waals surface area (Å²) in [4.78, 5) is 0. The van der Waals surface area contributed by atoms with Crippen LogP contribution < -0.4 is 11.1 Å². The fourth-order valence-electron chi connectivity index (χ4n) is 7.27. The molecule has 6 nitrogen and oxygen atoms in total. The third kappa shape index (κ3) is 5.91. The molecule has 0 radical (unpaired) electrons. The zero-order chi connectivity index (χ0) is 36.9. The number of fused-ring (bicyclic) bond motifs is 12. The molecular weight excluding hydrogens is 748 g/mol. The summed E-state index contributed by atoms with van der Waals surface area (Å²) in [6.07, 6.45) is 0. The number of nitrogens with two attached hydrogens (primary N) is 1. The van der Waals surface area contributed by atoms with Crippen LogP contribution in [0.5, 0.6) is 0 Å². The molecule has 0 aliphatic carbocycles. The molecule has 12 aromatic rings. The molecule has 0 fully saturated rings. The maximum atomic E-state index is 6.12. The largest absolute Gasteiger partial charge is 0.456 e. The lowest BCUT2D eigenvalue weighted by atomic mass is 10.1. The van der Waals surface area contributed by atoms with Crippen LogP contribution in [-0.4, -0.2) is 0 Å². The lowest BCUT2D eigenvalue weighted by molar-refractivity contribution is 0.668. The molecule has 0 aliphatic heterocycles. The minimum absolute atomic E-state index is 0.693. The average molecular weight is 780 g/mol. The third-order valence-electron chi connectivity index (χ3n) is 9.83. The summed E-state index contributed by atoms with van der Waals surface area (Å²) < 4.78 is 24.5. The Balaban J connectivity index is 0.000000112. The smallest absolute Gasteiger partial charge is 0.158 e. The molecule has 0 saturated heterocycles. The van der Waals surface area contributed by atoms with E-state index in [4.69, 9.17) is 23.4 Å². The van der Waals surface area contributed by atoms with E-state index < -0.39 is 0 Å². The molecule has 3 N–H and O–H groups in total. The van der Waals surface area contributed by atoms with E-state index in [1.807, 2.05) is 127 Å². The van der Waals surface area contributed by atoms with Crippen molar-refractivity contribution in [2.75, 3.05) is 11.1 Å². The van der Waals surface area contributed by atoms with E-state index in [0.717, 1.165) is 98.2 Å². The number of anilines is 3. The van der Waals surface area contributed by atoms with Crippen molar-refractivity contribution in [3.8, 4) is 0 Å². The van der Waals surface area contributed by atoms with Crippen molar-refractivity contribution >= 4 is 121 Å². The molecule has 7 heteroatoms. The number of hydrogen-bond donors (Lipinski definition) is 2. The Morgan fingerprint density at radius 3 is 1.42 bits per heavy atom. The van der Waals surface area contributed by atoms with Gasteiger partial charge in [0.15, 0.2) is 11.2 Å². The number of hydrogen-bond acceptors (Lipinski definition) is 6. The SMILES string of the molecule is Brc1ccc2oc3ccccc3c2c1.Nc1cccc2c1oc1ccccc12.c1ccc2c(c1)oc1ccc(Nc3cccc4c3oc3ccccc34)cc12. The van der Waals surface area contributed by atoms with Crippen LogP contribution in [-0.2, 0) is 0 Å². The first-order valence-corrected chi connectivity index (χ1v) is 18.7. The zero-order valence-electron chi connectivity index (χ0n) is 29.3. The maximum absolute atomic E-state index is 6.12. The highest BCUT2D eigenvalue weighted by Gasteiger charge is 2.12. The van der Waals surface area contributed by atoms with Crippen molar-refractivity contribution < 1.29 is 17.7 Å². The topological polar surface area (TPSA) is 90.6 Å². The van der Waals surface area contributed by atoms with Crippen LogP contribution in [0.3, 0.4) is 0 Å². The van der Waals surface area contributed by atoms with Gasteiger partial charge in [0.05, 0.1) is 11.4 Å². The van der Waals surface area contributed by atoms with Gasteiger partial charge in [0, 0.05) is 53.2 Å². The Morgan fingerprint density at radius 1 is 0.364 bits per heavy atom. The molecule has 264 valence electrons. The van der Waals surface area contributed by atoms with Crippen LogP contribution in [0.4, 0.5) is 17.1 Å². The van der Waals surface area contributed by atoms with Crippen molar-refractivity contribution in [2.24, 2.45) is 0 Å². The van der Waals surface area contributed by atoms with Gasteiger partial charge >= 0.3 is 0 Å². The normalized spacial score (nSPS) is 11.4. The summed E-state index contributed by atoms with van der Waals surface area (Å²) in [6, 6.07) is 56.5. The standard InChI is InChI=1S/C24H15NO2.C12H7BrO.C12H9NO/c1-4-11-22-16(6-1)18-8-5-9-20(24(18)27-22)25-15-12-13-23-19(14-15)17-7-2-3-10-21(17)26-23;13-8-5-6-12-10(7-8)9-3-1-2-4-11(9)14-12;13-10-6-3-5-9-8-4-1-2-7-11(8)14-12(9)10/h1-14,25H;1-7H;1-7H,13H2. The van der Waals surface area contributed by atoms with Gasteiger partial charge in [-0.2, -0.15) is 0 Å². The number of benzene rings is 8. The minimum atomic E-state index is 0.693. The number of para-hydroxylation sites is 6. The number of rotatable bonds is 2. The summed E-state index contributed by atoms with van der Waals surface area (Å²) in [7, 11) is 0. The number of nitrogens with one attached hydrogen (secondary N) is 1. The van der Waals surface area contributed by atoms with E-state index in [0.29, 0.717) is 5.69 Å². The maximum Gasteiger partial charge on any atom is 0.158 e. The van der Waals surface area contributed by atoms with E-state index in [9.17, 15) is 0 Å². The Bertz CT molecular complexity index is 3340. The molecule has 55 heavy (non-hydrogen) atoms. The molecule has 0 saturated carbocycles. The van der Waals surface area contributed by atoms with E-state index in [2.05, 4.69) is 63.7 Å². The molecule has 0 spiro atoms. The monoisotopic (exact) mass is 778 g/mol. The second-order valence-electron chi connectivity index (χ2n) is 13.3. The summed E-state index contributed by atoms with van der Waals surface area (Å²) in [5, 5.41) is 12.5. The number of nitrogen functional groups attached to an aromatic ring is 1. The van der Waals surface area contributed by atoms with Crippen molar-refractivity contribution in [2.45, 2.75) is 0 Å². The highest BCUT2D eigenvalue weighted by Crippen LogP contribution is 2.37. The van der Waals surface area contributed by atoms with Gasteiger partial charge in [0.1, 0.15) is 33.5 Å². The number of halogens is 1. The Labute approximate surface area is 322 Å². The van der Waals surface area contributed by atoms with Gasteiger partial charge in [0.2, 0.25) is 0 Å². The second kappa shape index (κ2) is 13.5. The molecule has 0 amide bonds. The molecular formula is C48H31BrN2O4. The van der Waals surface area contributed by atoms with Gasteiger partial charge in [-0.05, 0) is 72.8 Å². The third-order valence-corrected chi connectivity index (χ3v) is 10.3. The molecule has 4 heterocycles. The first-order valence-electron chi connectivity index (χ1n) is 17.9. The Kier molecular flexibility index (Phi) is 8.00. The van der Waals surface area contributed by atoms with Gasteiger partial charge in [0.25, 0.3) is 0 Å². The van der Waals surface area contributed by atoms with E-state index in [1.165, 1.54) is 5.39 Å². The fourth-order valence-corrected chi connectivity index (χ4v) is 7.63. The Morgan fingerprint density at radius 2 is 0.800 bits per heavy atom. The van der Waals surface area contributed by atoms with Crippen LogP contribution >= 0.6 is 15.9 Å². The summed E-state index contributed by atoms with van der Waals surface area (Å²) in [5.41, 5.74) is 15.6. The van der Waals surface area contributed by atoms with Crippen molar-refractivity contribution in [1.82, 2.24) is 0 Å². The predicted molar refractivity (Wildman–Crippen MR) is 230 cm³/mol. The Hall–Kier alpha value is -6.96. The predicted octanol–water partition coefficient (Wildman–Crippen LogP) is 14.7. The first kappa shape index (κ1) is 32.7. The van der Waals surface area contributed by atoms with Gasteiger partial charge in [-0.15, -0.1) is 0 Å². The molecule has 0 aliphatic rings. The van der Waals surface area contributed by atoms with Crippen LogP contribution in [0, 0.1) is 0 Å². The highest BCUT2D eigenvalue weighted by atomic mass is 79.9. The molecule has 8 aromatic carbocycles. The lowest BCUT2D eigenvalue weighted by Gasteiger charge is -2.07. The van der Waals surface area contributed by atoms with Gasteiger partial charge in [-0.3, -0.25) is 0 Å².